The van der Waals surface area contributed by atoms with E-state index in [4.69, 9.17) is 14.8 Å². The summed E-state index contributed by atoms with van der Waals surface area (Å²) in [5.41, 5.74) is 7.72. The highest BCUT2D eigenvalue weighted by molar-refractivity contribution is 7.85. The molecule has 0 bridgehead atoms. The Morgan fingerprint density at radius 3 is 2.44 bits per heavy atom. The van der Waals surface area contributed by atoms with Gasteiger partial charge < -0.3 is 15.6 Å². The van der Waals surface area contributed by atoms with Gasteiger partial charge in [0.15, 0.2) is 17.5 Å². The van der Waals surface area contributed by atoms with Gasteiger partial charge in [-0.1, -0.05) is 36.3 Å². The number of nitrogens with one attached hydrogen (secondary N) is 1. The van der Waals surface area contributed by atoms with Crippen molar-refractivity contribution in [1.29, 1.82) is 0 Å². The standard InChI is InChI=1S/C20H19FN4O2.CH4O3S/c1-20(6-7-20)16-10-17(25-27-16)24-18(26)8-12-2-4-13(5-3-12)14-9-15(21)19(22)23-11-14;1-5(2,3)4/h2-5,9-11H,6-8H2,1H3,(H2,22,23)(H,24,25,26);1H3,(H,2,3,4). The molecule has 32 heavy (non-hydrogen) atoms. The predicted octanol–water partition coefficient (Wildman–Crippen LogP) is 3.19. The van der Waals surface area contributed by atoms with Crippen LogP contribution in [0.1, 0.15) is 31.1 Å². The molecule has 11 heteroatoms. The van der Waals surface area contributed by atoms with Gasteiger partial charge in [0.1, 0.15) is 5.76 Å². The monoisotopic (exact) mass is 462 g/mol. The average Bonchev–Trinajstić information content (AvgIpc) is 3.27. The fourth-order valence-electron chi connectivity index (χ4n) is 2.85. The molecule has 1 saturated carbocycles. The van der Waals surface area contributed by atoms with E-state index in [1.807, 2.05) is 24.3 Å². The highest BCUT2D eigenvalue weighted by Crippen LogP contribution is 2.48. The molecule has 4 rings (SSSR count). The number of carbonyl (C=O) groups excluding carboxylic acids is 1. The molecule has 0 unspecified atom stereocenters. The van der Waals surface area contributed by atoms with Gasteiger partial charge >= 0.3 is 0 Å². The zero-order valence-electron chi connectivity index (χ0n) is 17.5. The Balaban J connectivity index is 0.000000523. The van der Waals surface area contributed by atoms with E-state index in [1.54, 1.807) is 6.07 Å². The maximum Gasteiger partial charge on any atom is 0.261 e. The maximum absolute atomic E-state index is 13.5. The number of hydrogen-bond acceptors (Lipinski definition) is 7. The molecule has 2 heterocycles. The minimum atomic E-state index is -3.67. The summed E-state index contributed by atoms with van der Waals surface area (Å²) >= 11 is 0. The maximum atomic E-state index is 13.5. The van der Waals surface area contributed by atoms with Gasteiger partial charge in [0, 0.05) is 23.2 Å². The SMILES string of the molecule is CC1(c2cc(NC(=O)Cc3ccc(-c4cnc(N)c(F)c4)cc3)no2)CC1.CS(=O)(=O)O. The van der Waals surface area contributed by atoms with Gasteiger partial charge in [0.05, 0.1) is 12.7 Å². The normalized spacial score (nSPS) is 14.2. The van der Waals surface area contributed by atoms with Gasteiger partial charge in [0.2, 0.25) is 5.91 Å². The smallest absolute Gasteiger partial charge is 0.261 e. The van der Waals surface area contributed by atoms with Crippen LogP contribution >= 0.6 is 0 Å². The van der Waals surface area contributed by atoms with E-state index in [0.717, 1.165) is 29.7 Å². The largest absolute Gasteiger partial charge is 0.381 e. The lowest BCUT2D eigenvalue weighted by Crippen LogP contribution is -2.14. The molecular weight excluding hydrogens is 439 g/mol. The minimum absolute atomic E-state index is 0.0717. The number of nitrogens with two attached hydrogens (primary N) is 1. The number of rotatable bonds is 5. The first kappa shape index (κ1) is 23.4. The zero-order valence-corrected chi connectivity index (χ0v) is 18.3. The van der Waals surface area contributed by atoms with Gasteiger partial charge in [-0.2, -0.15) is 8.42 Å². The molecule has 0 atom stereocenters. The summed E-state index contributed by atoms with van der Waals surface area (Å²) in [5, 5.41) is 6.67. The van der Waals surface area contributed by atoms with Crippen LogP contribution in [-0.4, -0.2) is 35.3 Å². The predicted molar refractivity (Wildman–Crippen MR) is 117 cm³/mol. The van der Waals surface area contributed by atoms with Gasteiger partial charge in [-0.3, -0.25) is 9.35 Å². The molecular formula is C21H23FN4O5S. The third-order valence-corrected chi connectivity index (χ3v) is 4.89. The Kier molecular flexibility index (Phi) is 6.60. The number of amides is 1. The number of nitrogen functional groups attached to an aromatic ring is 1. The van der Waals surface area contributed by atoms with E-state index in [1.165, 1.54) is 12.3 Å². The molecule has 9 nitrogen and oxygen atoms in total. The zero-order chi connectivity index (χ0) is 23.5. The summed E-state index contributed by atoms with van der Waals surface area (Å²) in [6.07, 6.45) is 4.59. The van der Waals surface area contributed by atoms with Crippen molar-refractivity contribution in [2.24, 2.45) is 0 Å². The Hall–Kier alpha value is -3.31. The van der Waals surface area contributed by atoms with Crippen molar-refractivity contribution in [3.05, 3.63) is 59.7 Å². The first-order valence-electron chi connectivity index (χ1n) is 9.63. The van der Waals surface area contributed by atoms with Crippen LogP contribution in [0.5, 0.6) is 0 Å². The Morgan fingerprint density at radius 2 is 1.88 bits per heavy atom. The quantitative estimate of drug-likeness (QED) is 0.490. The van der Waals surface area contributed by atoms with E-state index in [9.17, 15) is 17.6 Å². The highest BCUT2D eigenvalue weighted by atomic mass is 32.2. The summed E-state index contributed by atoms with van der Waals surface area (Å²) < 4.78 is 44.7. The molecule has 0 saturated heterocycles. The molecule has 1 aliphatic rings. The van der Waals surface area contributed by atoms with Crippen molar-refractivity contribution >= 4 is 27.7 Å². The Morgan fingerprint density at radius 1 is 1.25 bits per heavy atom. The van der Waals surface area contributed by atoms with Crippen LogP contribution in [0.15, 0.2) is 47.1 Å². The Labute approximate surface area is 184 Å². The fourth-order valence-corrected chi connectivity index (χ4v) is 2.85. The highest BCUT2D eigenvalue weighted by Gasteiger charge is 2.42. The van der Waals surface area contributed by atoms with Crippen LogP contribution in [-0.2, 0) is 26.7 Å². The van der Waals surface area contributed by atoms with Crippen molar-refractivity contribution in [2.75, 3.05) is 17.3 Å². The number of pyridine rings is 1. The number of nitrogens with zero attached hydrogens (tertiary/aromatic N) is 2. The van der Waals surface area contributed by atoms with Crippen LogP contribution in [0.25, 0.3) is 11.1 Å². The van der Waals surface area contributed by atoms with E-state index in [0.29, 0.717) is 17.6 Å². The lowest BCUT2D eigenvalue weighted by atomic mass is 10.0. The van der Waals surface area contributed by atoms with Gasteiger partial charge in [-0.05, 0) is 30.0 Å². The number of aromatic nitrogens is 2. The van der Waals surface area contributed by atoms with Crippen molar-refractivity contribution in [1.82, 2.24) is 10.1 Å². The van der Waals surface area contributed by atoms with E-state index < -0.39 is 15.9 Å². The molecule has 1 aliphatic carbocycles. The summed E-state index contributed by atoms with van der Waals surface area (Å²) in [6, 6.07) is 10.4. The first-order valence-corrected chi connectivity index (χ1v) is 11.5. The topological polar surface area (TPSA) is 148 Å². The molecule has 3 aromatic rings. The second-order valence-corrected chi connectivity index (χ2v) is 9.35. The first-order chi connectivity index (χ1) is 14.9. The molecule has 1 fully saturated rings. The molecule has 4 N–H and O–H groups in total. The summed E-state index contributed by atoms with van der Waals surface area (Å²) in [5.74, 6) is 0.389. The summed E-state index contributed by atoms with van der Waals surface area (Å²) in [7, 11) is -3.67. The number of halogens is 1. The summed E-state index contributed by atoms with van der Waals surface area (Å²) in [4.78, 5) is 16.0. The third-order valence-electron chi connectivity index (χ3n) is 4.89. The lowest BCUT2D eigenvalue weighted by Gasteiger charge is -2.05. The van der Waals surface area contributed by atoms with Crippen LogP contribution in [0, 0.1) is 5.82 Å². The average molecular weight is 463 g/mol. The number of benzene rings is 1. The van der Waals surface area contributed by atoms with E-state index in [-0.39, 0.29) is 23.6 Å². The number of hydrogen-bond donors (Lipinski definition) is 3. The van der Waals surface area contributed by atoms with Gasteiger partial charge in [-0.25, -0.2) is 9.37 Å². The minimum Gasteiger partial charge on any atom is -0.381 e. The van der Waals surface area contributed by atoms with Gasteiger partial charge in [0.25, 0.3) is 10.1 Å². The number of carbonyl (C=O) groups is 1. The second-order valence-electron chi connectivity index (χ2n) is 7.88. The van der Waals surface area contributed by atoms with Crippen molar-refractivity contribution in [3.8, 4) is 11.1 Å². The molecule has 2 aromatic heterocycles. The van der Waals surface area contributed by atoms with E-state index in [2.05, 4.69) is 22.4 Å². The Bertz CT molecular complexity index is 1210. The van der Waals surface area contributed by atoms with Crippen LogP contribution in [0.3, 0.4) is 0 Å². The van der Waals surface area contributed by atoms with Crippen LogP contribution in [0.2, 0.25) is 0 Å². The molecule has 1 amide bonds. The number of anilines is 2. The van der Waals surface area contributed by atoms with E-state index >= 15 is 0 Å². The molecule has 0 spiro atoms. The van der Waals surface area contributed by atoms with Crippen molar-refractivity contribution < 1.29 is 26.7 Å². The fraction of sp³-hybridized carbons (Fsp3) is 0.286. The van der Waals surface area contributed by atoms with Crippen LogP contribution in [0.4, 0.5) is 16.0 Å². The third kappa shape index (κ3) is 6.59. The summed E-state index contributed by atoms with van der Waals surface area (Å²) in [6.45, 7) is 2.11. The molecule has 170 valence electrons. The second kappa shape index (κ2) is 9.05. The lowest BCUT2D eigenvalue weighted by molar-refractivity contribution is -0.115. The van der Waals surface area contributed by atoms with Crippen LogP contribution < -0.4 is 11.1 Å². The van der Waals surface area contributed by atoms with Crippen molar-refractivity contribution in [3.63, 3.8) is 0 Å². The van der Waals surface area contributed by atoms with Gasteiger partial charge in [-0.15, -0.1) is 0 Å². The van der Waals surface area contributed by atoms with Crippen molar-refractivity contribution in [2.45, 2.75) is 31.6 Å². The molecule has 1 aromatic carbocycles. The molecule has 0 aliphatic heterocycles. The molecule has 0 radical (unpaired) electrons.